The predicted molar refractivity (Wildman–Crippen MR) is 383 cm³/mol. The van der Waals surface area contributed by atoms with Crippen LogP contribution in [-0.4, -0.2) is 73.4 Å². The van der Waals surface area contributed by atoms with Crippen molar-refractivity contribution in [2.45, 2.75) is 405 Å². The molecule has 3 N–H and O–H groups in total. The molecule has 9 heteroatoms. The predicted octanol–water partition coefficient (Wildman–Crippen LogP) is 25.0. The van der Waals surface area contributed by atoms with Crippen molar-refractivity contribution in [1.82, 2.24) is 5.32 Å². The lowest BCUT2D eigenvalue weighted by atomic mass is 10.0. The summed E-state index contributed by atoms with van der Waals surface area (Å²) < 4.78 is 23.8. The van der Waals surface area contributed by atoms with Crippen LogP contribution in [0, 0.1) is 0 Å². The fourth-order valence-electron chi connectivity index (χ4n) is 11.8. The molecule has 0 radical (unpaired) electrons. The number of nitrogens with one attached hydrogen (secondary N) is 1. The molecule has 514 valence electrons. The minimum Gasteiger partial charge on any atom is -0.387 e. The summed E-state index contributed by atoms with van der Waals surface area (Å²) in [6.07, 6.45) is 94.4. The van der Waals surface area contributed by atoms with Gasteiger partial charge in [0.2, 0.25) is 5.91 Å². The van der Waals surface area contributed by atoms with Crippen molar-refractivity contribution in [3.05, 3.63) is 48.6 Å². The Bertz CT molecular complexity index is 1560. The molecule has 0 aliphatic carbocycles. The summed E-state index contributed by atoms with van der Waals surface area (Å²) in [5.41, 5.74) is 0. The number of phosphoric acid groups is 1. The fourth-order valence-corrected chi connectivity index (χ4v) is 12.5. The number of amides is 1. The van der Waals surface area contributed by atoms with Crippen LogP contribution in [0.2, 0.25) is 0 Å². The summed E-state index contributed by atoms with van der Waals surface area (Å²) in [5.74, 6) is -0.179. The summed E-state index contributed by atoms with van der Waals surface area (Å²) in [4.78, 5) is 23.5. The molecular formula is C78H152N2O6P+. The first-order chi connectivity index (χ1) is 42.5. The maximum atomic E-state index is 13.1. The number of likely N-dealkylation sites (N-methyl/N-ethyl adjacent to an activating group) is 1. The maximum absolute atomic E-state index is 13.1. The number of carbonyl (C=O) groups excluding carboxylic acids is 1. The molecule has 0 aromatic rings. The van der Waals surface area contributed by atoms with Crippen molar-refractivity contribution in [3.63, 3.8) is 0 Å². The molecular weight excluding hydrogens is 1090 g/mol. The Balaban J connectivity index is 3.98. The largest absolute Gasteiger partial charge is 0.472 e. The number of hydrogen-bond donors (Lipinski definition) is 3. The van der Waals surface area contributed by atoms with Crippen LogP contribution in [0.1, 0.15) is 393 Å². The van der Waals surface area contributed by atoms with Gasteiger partial charge in [0.1, 0.15) is 13.2 Å². The van der Waals surface area contributed by atoms with E-state index >= 15 is 0 Å². The van der Waals surface area contributed by atoms with E-state index in [0.29, 0.717) is 17.4 Å². The quantitative estimate of drug-likeness (QED) is 0.0243. The van der Waals surface area contributed by atoms with Crippen molar-refractivity contribution in [2.24, 2.45) is 0 Å². The normalized spacial score (nSPS) is 13.8. The molecule has 0 heterocycles. The van der Waals surface area contributed by atoms with E-state index in [1.54, 1.807) is 6.08 Å². The standard InChI is InChI=1S/C78H151N2O6P/c1-6-8-10-12-14-16-18-20-22-24-26-28-30-32-34-36-37-38-39-40-41-42-43-44-46-48-50-52-54-56-58-60-62-64-66-68-70-72-78(82)79-76(75-86-87(83,84)85-74-73-80(3,4)5)77(81)71-69-67-65-63-61-59-57-55-53-51-49-47-45-35-33-31-29-27-25-23-21-19-17-15-13-11-9-7-2/h18,20,24,26,61,63,69,71,76-77,81H,6-17,19,21-23,25,27-60,62,64-68,70,72-75H2,1-5H3,(H-,79,82,83,84)/p+1/b20-18-,26-24-,63-61+,71-69+. The van der Waals surface area contributed by atoms with E-state index in [2.05, 4.69) is 55.6 Å². The van der Waals surface area contributed by atoms with Gasteiger partial charge in [-0.3, -0.25) is 13.8 Å². The van der Waals surface area contributed by atoms with E-state index in [1.807, 2.05) is 27.2 Å². The molecule has 0 spiro atoms. The summed E-state index contributed by atoms with van der Waals surface area (Å²) in [7, 11) is 1.57. The van der Waals surface area contributed by atoms with E-state index in [1.165, 1.54) is 327 Å². The van der Waals surface area contributed by atoms with Crippen LogP contribution in [0.3, 0.4) is 0 Å². The lowest BCUT2D eigenvalue weighted by Crippen LogP contribution is -2.45. The summed E-state index contributed by atoms with van der Waals surface area (Å²) in [5, 5.41) is 14.0. The van der Waals surface area contributed by atoms with Gasteiger partial charge >= 0.3 is 7.82 Å². The van der Waals surface area contributed by atoms with Gasteiger partial charge < -0.3 is 19.8 Å². The Labute approximate surface area is 543 Å². The number of aliphatic hydroxyl groups is 1. The van der Waals surface area contributed by atoms with Crippen molar-refractivity contribution in [2.75, 3.05) is 40.9 Å². The molecule has 3 atom stereocenters. The first-order valence-electron chi connectivity index (χ1n) is 38.5. The Morgan fingerprint density at radius 1 is 0.391 bits per heavy atom. The third-order valence-electron chi connectivity index (χ3n) is 17.8. The molecule has 0 fully saturated rings. The molecule has 0 saturated carbocycles. The second-order valence-electron chi connectivity index (χ2n) is 27.7. The van der Waals surface area contributed by atoms with Crippen molar-refractivity contribution in [3.8, 4) is 0 Å². The fraction of sp³-hybridized carbons (Fsp3) is 0.885. The highest BCUT2D eigenvalue weighted by molar-refractivity contribution is 7.47. The highest BCUT2D eigenvalue weighted by Crippen LogP contribution is 2.43. The number of rotatable bonds is 72. The zero-order chi connectivity index (χ0) is 63.4. The molecule has 87 heavy (non-hydrogen) atoms. The lowest BCUT2D eigenvalue weighted by Gasteiger charge is -2.25. The lowest BCUT2D eigenvalue weighted by molar-refractivity contribution is -0.870. The molecule has 0 bridgehead atoms. The van der Waals surface area contributed by atoms with Crippen LogP contribution in [0.15, 0.2) is 48.6 Å². The molecule has 0 aromatic carbocycles. The highest BCUT2D eigenvalue weighted by Gasteiger charge is 2.28. The number of unbranched alkanes of at least 4 members (excludes halogenated alkanes) is 53. The molecule has 3 unspecified atom stereocenters. The first-order valence-corrected chi connectivity index (χ1v) is 40.0. The smallest absolute Gasteiger partial charge is 0.387 e. The van der Waals surface area contributed by atoms with Crippen molar-refractivity contribution in [1.29, 1.82) is 0 Å². The van der Waals surface area contributed by atoms with E-state index in [9.17, 15) is 19.4 Å². The molecule has 0 aromatic heterocycles. The number of allylic oxidation sites excluding steroid dienone is 7. The van der Waals surface area contributed by atoms with Gasteiger partial charge in [0.15, 0.2) is 0 Å². The van der Waals surface area contributed by atoms with Gasteiger partial charge in [-0.2, -0.15) is 0 Å². The number of aliphatic hydroxyl groups excluding tert-OH is 1. The molecule has 0 saturated heterocycles. The van der Waals surface area contributed by atoms with Gasteiger partial charge in [-0.25, -0.2) is 4.57 Å². The van der Waals surface area contributed by atoms with Crippen molar-refractivity contribution < 1.29 is 32.9 Å². The van der Waals surface area contributed by atoms with E-state index in [-0.39, 0.29) is 19.1 Å². The molecule has 1 amide bonds. The monoisotopic (exact) mass is 1240 g/mol. The second kappa shape index (κ2) is 68.8. The third-order valence-corrected chi connectivity index (χ3v) is 18.8. The maximum Gasteiger partial charge on any atom is 0.472 e. The Morgan fingerprint density at radius 3 is 0.989 bits per heavy atom. The number of quaternary nitrogens is 1. The molecule has 8 nitrogen and oxygen atoms in total. The molecule has 0 aliphatic rings. The second-order valence-corrected chi connectivity index (χ2v) is 29.2. The zero-order valence-corrected chi connectivity index (χ0v) is 59.9. The van der Waals surface area contributed by atoms with Crippen LogP contribution in [0.5, 0.6) is 0 Å². The zero-order valence-electron chi connectivity index (χ0n) is 59.0. The number of nitrogens with zero attached hydrogens (tertiary/aromatic N) is 1. The average Bonchev–Trinajstić information content (AvgIpc) is 3.70. The van der Waals surface area contributed by atoms with Gasteiger partial charge in [-0.15, -0.1) is 0 Å². The Kier molecular flexibility index (Phi) is 67.6. The molecule has 0 rings (SSSR count). The number of phosphoric ester groups is 1. The SMILES string of the molecule is CCCCCCC/C=C\C/C=C\CCCCCCCCCCCCCCCCCCCCCCCCCCCC(=O)NC(COP(=O)(O)OCC[N+](C)(C)C)C(O)/C=C/CC/C=C/CCCCCCCCCCCCCCCCCCCCCCCC. The summed E-state index contributed by atoms with van der Waals surface area (Å²) in [6, 6.07) is -0.864. The van der Waals surface area contributed by atoms with Crippen LogP contribution >= 0.6 is 7.82 Å². The van der Waals surface area contributed by atoms with Gasteiger partial charge in [0.25, 0.3) is 0 Å². The highest BCUT2D eigenvalue weighted by atomic mass is 31.2. The van der Waals surface area contributed by atoms with Crippen LogP contribution < -0.4 is 5.32 Å². The van der Waals surface area contributed by atoms with Crippen LogP contribution in [0.25, 0.3) is 0 Å². The topological polar surface area (TPSA) is 105 Å². The average molecular weight is 1250 g/mol. The van der Waals surface area contributed by atoms with E-state index in [4.69, 9.17) is 9.05 Å². The number of hydrogen-bond acceptors (Lipinski definition) is 5. The Morgan fingerprint density at radius 2 is 0.667 bits per heavy atom. The van der Waals surface area contributed by atoms with Gasteiger partial charge in [-0.05, 0) is 64.2 Å². The third kappa shape index (κ3) is 71.8. The van der Waals surface area contributed by atoms with Gasteiger partial charge in [-0.1, -0.05) is 371 Å². The summed E-state index contributed by atoms with van der Waals surface area (Å²) >= 11 is 0. The minimum atomic E-state index is -4.36. The van der Waals surface area contributed by atoms with Crippen LogP contribution in [0.4, 0.5) is 0 Å². The number of carbonyl (C=O) groups is 1. The minimum absolute atomic E-state index is 0.0578. The first kappa shape index (κ1) is 85.5. The summed E-state index contributed by atoms with van der Waals surface area (Å²) in [6.45, 7) is 4.84. The molecule has 0 aliphatic heterocycles. The van der Waals surface area contributed by atoms with E-state index < -0.39 is 20.0 Å². The van der Waals surface area contributed by atoms with Crippen LogP contribution in [-0.2, 0) is 18.4 Å². The van der Waals surface area contributed by atoms with E-state index in [0.717, 1.165) is 44.9 Å². The van der Waals surface area contributed by atoms with Gasteiger partial charge in [0, 0.05) is 6.42 Å². The van der Waals surface area contributed by atoms with Gasteiger partial charge in [0.05, 0.1) is 39.9 Å². The Hall–Kier alpha value is -1.54. The van der Waals surface area contributed by atoms with Crippen molar-refractivity contribution >= 4 is 13.7 Å².